The van der Waals surface area contributed by atoms with Crippen LogP contribution in [0.4, 0.5) is 11.5 Å². The summed E-state index contributed by atoms with van der Waals surface area (Å²) in [5.41, 5.74) is -0.186. The highest BCUT2D eigenvalue weighted by Gasteiger charge is 2.31. The van der Waals surface area contributed by atoms with Gasteiger partial charge in [-0.2, -0.15) is 4.98 Å². The molecule has 7 nitrogen and oxygen atoms in total. The molecule has 1 aromatic rings. The fourth-order valence-electron chi connectivity index (χ4n) is 1.54. The van der Waals surface area contributed by atoms with Gasteiger partial charge in [-0.15, -0.1) is 0 Å². The minimum Gasteiger partial charge on any atom is -0.476 e. The zero-order chi connectivity index (χ0) is 13.3. The SMILES string of the molecule is COc1nc(C(C)C)nc(NC2CC2)c1[N+](=O)[O-]. The molecule has 1 aliphatic rings. The Labute approximate surface area is 105 Å². The van der Waals surface area contributed by atoms with Gasteiger partial charge < -0.3 is 10.1 Å². The lowest BCUT2D eigenvalue weighted by Gasteiger charge is -2.11. The van der Waals surface area contributed by atoms with E-state index < -0.39 is 4.92 Å². The van der Waals surface area contributed by atoms with E-state index in [0.29, 0.717) is 5.82 Å². The van der Waals surface area contributed by atoms with Crippen molar-refractivity contribution >= 4 is 11.5 Å². The molecule has 7 heteroatoms. The topological polar surface area (TPSA) is 90.2 Å². The number of methoxy groups -OCH3 is 1. The van der Waals surface area contributed by atoms with Crippen LogP contribution in [0.5, 0.6) is 5.88 Å². The van der Waals surface area contributed by atoms with Gasteiger partial charge in [0.05, 0.1) is 12.0 Å². The lowest BCUT2D eigenvalue weighted by atomic mass is 10.2. The van der Waals surface area contributed by atoms with Gasteiger partial charge in [-0.1, -0.05) is 13.8 Å². The van der Waals surface area contributed by atoms with Crippen LogP contribution in [0.25, 0.3) is 0 Å². The summed E-state index contributed by atoms with van der Waals surface area (Å²) in [6.07, 6.45) is 2.03. The number of ether oxygens (including phenoxy) is 1. The molecule has 1 N–H and O–H groups in total. The largest absolute Gasteiger partial charge is 0.476 e. The summed E-state index contributed by atoms with van der Waals surface area (Å²) in [5, 5.41) is 14.2. The maximum atomic E-state index is 11.1. The van der Waals surface area contributed by atoms with E-state index in [4.69, 9.17) is 4.74 Å². The van der Waals surface area contributed by atoms with E-state index in [1.54, 1.807) is 0 Å². The van der Waals surface area contributed by atoms with Gasteiger partial charge >= 0.3 is 5.69 Å². The highest BCUT2D eigenvalue weighted by atomic mass is 16.6. The maximum Gasteiger partial charge on any atom is 0.372 e. The van der Waals surface area contributed by atoms with Crippen LogP contribution in [-0.4, -0.2) is 28.0 Å². The molecule has 1 aromatic heterocycles. The van der Waals surface area contributed by atoms with Gasteiger partial charge in [-0.3, -0.25) is 10.1 Å². The Hall–Kier alpha value is -1.92. The molecule has 0 bridgehead atoms. The number of anilines is 1. The third kappa shape index (κ3) is 2.49. The quantitative estimate of drug-likeness (QED) is 0.637. The molecule has 1 aliphatic carbocycles. The standard InChI is InChI=1S/C11H16N4O3/c1-6(2)9-13-10(12-7-4-5-7)8(15(16)17)11(14-9)18-3/h6-7H,4-5H2,1-3H3,(H,12,13,14). The molecule has 1 saturated carbocycles. The number of nitro groups is 1. The minimum absolute atomic E-state index is 0.0156. The normalized spacial score (nSPS) is 14.7. The van der Waals surface area contributed by atoms with Crippen molar-refractivity contribution in [3.05, 3.63) is 15.9 Å². The zero-order valence-electron chi connectivity index (χ0n) is 10.6. The Morgan fingerprint density at radius 1 is 1.44 bits per heavy atom. The van der Waals surface area contributed by atoms with E-state index in [1.165, 1.54) is 7.11 Å². The number of nitrogens with one attached hydrogen (secondary N) is 1. The van der Waals surface area contributed by atoms with Crippen molar-refractivity contribution in [2.45, 2.75) is 38.6 Å². The summed E-state index contributed by atoms with van der Waals surface area (Å²) in [6.45, 7) is 3.86. The van der Waals surface area contributed by atoms with Crippen molar-refractivity contribution in [1.29, 1.82) is 0 Å². The summed E-state index contributed by atoms with van der Waals surface area (Å²) in [4.78, 5) is 18.9. The van der Waals surface area contributed by atoms with Crippen LogP contribution in [0.2, 0.25) is 0 Å². The van der Waals surface area contributed by atoms with Crippen LogP contribution < -0.4 is 10.1 Å². The smallest absolute Gasteiger partial charge is 0.372 e. The molecule has 1 fully saturated rings. The van der Waals surface area contributed by atoms with Crippen LogP contribution >= 0.6 is 0 Å². The lowest BCUT2D eigenvalue weighted by molar-refractivity contribution is -0.385. The molecule has 2 rings (SSSR count). The third-order valence-electron chi connectivity index (χ3n) is 2.68. The van der Waals surface area contributed by atoms with E-state index >= 15 is 0 Å². The molecule has 1 heterocycles. The van der Waals surface area contributed by atoms with Crippen molar-refractivity contribution in [3.63, 3.8) is 0 Å². The fraction of sp³-hybridized carbons (Fsp3) is 0.636. The second-order valence-corrected chi connectivity index (χ2v) is 4.62. The first-order chi connectivity index (χ1) is 8.52. The average molecular weight is 252 g/mol. The van der Waals surface area contributed by atoms with E-state index in [-0.39, 0.29) is 29.3 Å². The van der Waals surface area contributed by atoms with Crippen molar-refractivity contribution < 1.29 is 9.66 Å². The molecule has 0 radical (unpaired) electrons. The van der Waals surface area contributed by atoms with Crippen molar-refractivity contribution in [2.75, 3.05) is 12.4 Å². The summed E-state index contributed by atoms with van der Waals surface area (Å²) >= 11 is 0. The Morgan fingerprint density at radius 3 is 2.56 bits per heavy atom. The molecule has 0 atom stereocenters. The first-order valence-corrected chi connectivity index (χ1v) is 5.89. The predicted molar refractivity (Wildman–Crippen MR) is 66.0 cm³/mol. The number of nitrogens with zero attached hydrogens (tertiary/aromatic N) is 3. The molecule has 18 heavy (non-hydrogen) atoms. The molecule has 0 amide bonds. The highest BCUT2D eigenvalue weighted by molar-refractivity contribution is 5.62. The first kappa shape index (κ1) is 12.5. The summed E-state index contributed by atoms with van der Waals surface area (Å²) < 4.78 is 5.01. The van der Waals surface area contributed by atoms with Gasteiger partial charge in [0.2, 0.25) is 5.82 Å². The maximum absolute atomic E-state index is 11.1. The third-order valence-corrected chi connectivity index (χ3v) is 2.68. The average Bonchev–Trinajstić information content (AvgIpc) is 3.11. The first-order valence-electron chi connectivity index (χ1n) is 5.89. The van der Waals surface area contributed by atoms with Crippen LogP contribution in [0, 0.1) is 10.1 Å². The highest BCUT2D eigenvalue weighted by Crippen LogP contribution is 2.35. The summed E-state index contributed by atoms with van der Waals surface area (Å²) in [6, 6.07) is 0.281. The predicted octanol–water partition coefficient (Wildman–Crippen LogP) is 2.09. The van der Waals surface area contributed by atoms with Crippen molar-refractivity contribution in [1.82, 2.24) is 9.97 Å². The number of hydrogen-bond acceptors (Lipinski definition) is 6. The van der Waals surface area contributed by atoms with Gasteiger partial charge in [0, 0.05) is 12.0 Å². The Morgan fingerprint density at radius 2 is 2.11 bits per heavy atom. The molecular weight excluding hydrogens is 236 g/mol. The van der Waals surface area contributed by atoms with E-state index in [0.717, 1.165) is 12.8 Å². The summed E-state index contributed by atoms with van der Waals surface area (Å²) in [5.74, 6) is 0.903. The molecule has 0 aromatic carbocycles. The van der Waals surface area contributed by atoms with E-state index in [9.17, 15) is 10.1 Å². The second kappa shape index (κ2) is 4.75. The van der Waals surface area contributed by atoms with Gasteiger partial charge in [-0.25, -0.2) is 4.98 Å². The van der Waals surface area contributed by atoms with Gasteiger partial charge in [-0.05, 0) is 12.8 Å². The van der Waals surface area contributed by atoms with Gasteiger partial charge in [0.25, 0.3) is 5.88 Å². The van der Waals surface area contributed by atoms with Crippen LogP contribution in [0.1, 0.15) is 38.4 Å². The summed E-state index contributed by atoms with van der Waals surface area (Å²) in [7, 11) is 1.38. The molecule has 0 unspecified atom stereocenters. The monoisotopic (exact) mass is 252 g/mol. The van der Waals surface area contributed by atoms with Gasteiger partial charge in [0.15, 0.2) is 0 Å². The molecule has 0 spiro atoms. The minimum atomic E-state index is -0.506. The Balaban J connectivity index is 2.49. The molecule has 98 valence electrons. The number of aromatic nitrogens is 2. The zero-order valence-corrected chi connectivity index (χ0v) is 10.6. The Bertz CT molecular complexity index is 472. The molecule has 0 saturated heterocycles. The molecular formula is C11H16N4O3. The van der Waals surface area contributed by atoms with Crippen molar-refractivity contribution in [2.24, 2.45) is 0 Å². The van der Waals surface area contributed by atoms with Crippen LogP contribution in [0.3, 0.4) is 0 Å². The number of hydrogen-bond donors (Lipinski definition) is 1. The van der Waals surface area contributed by atoms with E-state index in [2.05, 4.69) is 15.3 Å². The Kier molecular flexibility index (Phi) is 3.31. The van der Waals surface area contributed by atoms with E-state index in [1.807, 2.05) is 13.8 Å². The lowest BCUT2D eigenvalue weighted by Crippen LogP contribution is -2.11. The van der Waals surface area contributed by atoms with Gasteiger partial charge in [0.1, 0.15) is 5.82 Å². The molecule has 0 aliphatic heterocycles. The van der Waals surface area contributed by atoms with Crippen LogP contribution in [-0.2, 0) is 0 Å². The van der Waals surface area contributed by atoms with Crippen LogP contribution in [0.15, 0.2) is 0 Å². The second-order valence-electron chi connectivity index (χ2n) is 4.62. The van der Waals surface area contributed by atoms with Crippen molar-refractivity contribution in [3.8, 4) is 5.88 Å². The fourth-order valence-corrected chi connectivity index (χ4v) is 1.54. The number of rotatable bonds is 5.